The summed E-state index contributed by atoms with van der Waals surface area (Å²) < 4.78 is 17.6. The van der Waals surface area contributed by atoms with Crippen molar-refractivity contribution in [1.82, 2.24) is 14.9 Å². The first-order valence-electron chi connectivity index (χ1n) is 13.8. The summed E-state index contributed by atoms with van der Waals surface area (Å²) in [5, 5.41) is 12.6. The van der Waals surface area contributed by atoms with E-state index in [1.807, 2.05) is 0 Å². The molecule has 1 aromatic heterocycles. The zero-order chi connectivity index (χ0) is 29.8. The van der Waals surface area contributed by atoms with Gasteiger partial charge in [0.1, 0.15) is 22.9 Å². The number of benzene rings is 2. The fourth-order valence-corrected chi connectivity index (χ4v) is 4.13. The summed E-state index contributed by atoms with van der Waals surface area (Å²) in [6.45, 7) is 8.32. The van der Waals surface area contributed by atoms with E-state index in [1.165, 1.54) is 25.2 Å². The second-order valence-corrected chi connectivity index (χ2v) is 10.6. The lowest BCUT2D eigenvalue weighted by Crippen LogP contribution is -2.34. The van der Waals surface area contributed by atoms with Crippen molar-refractivity contribution >= 4 is 18.0 Å². The summed E-state index contributed by atoms with van der Waals surface area (Å²) in [6.07, 6.45) is 6.07. The van der Waals surface area contributed by atoms with Crippen LogP contribution < -0.4 is 14.8 Å². The molecule has 2 aromatic carbocycles. The van der Waals surface area contributed by atoms with Crippen LogP contribution >= 0.6 is 0 Å². The first kappa shape index (κ1) is 31.3. The number of unbranched alkanes of at least 4 members (excludes halogenated alkanes) is 3. The number of nitrogens with one attached hydrogen (secondary N) is 1. The Morgan fingerprint density at radius 2 is 1.66 bits per heavy atom. The van der Waals surface area contributed by atoms with Crippen LogP contribution in [0, 0.1) is 0 Å². The molecule has 10 heteroatoms. The molecular weight excluding hydrogens is 526 g/mol. The molecule has 0 aliphatic heterocycles. The molecule has 0 fully saturated rings. The third-order valence-corrected chi connectivity index (χ3v) is 6.07. The molecule has 3 aromatic rings. The van der Waals surface area contributed by atoms with Crippen LogP contribution in [0.2, 0.25) is 0 Å². The maximum Gasteiger partial charge on any atom is 0.417 e. The Hall–Kier alpha value is -4.18. The first-order chi connectivity index (χ1) is 19.6. The monoisotopic (exact) mass is 565 g/mol. The average Bonchev–Trinajstić information content (AvgIpc) is 3.41. The van der Waals surface area contributed by atoms with Gasteiger partial charge in [0.15, 0.2) is 0 Å². The highest BCUT2D eigenvalue weighted by Gasteiger charge is 2.23. The zero-order valence-corrected chi connectivity index (χ0v) is 24.1. The highest BCUT2D eigenvalue weighted by Crippen LogP contribution is 2.26. The number of carbonyl (C=O) groups is 3. The van der Waals surface area contributed by atoms with Crippen LogP contribution in [0.4, 0.5) is 4.79 Å². The molecule has 10 nitrogen and oxygen atoms in total. The lowest BCUT2D eigenvalue weighted by molar-refractivity contribution is -0.153. The number of esters is 2. The van der Waals surface area contributed by atoms with Gasteiger partial charge in [-0.3, -0.25) is 4.79 Å². The highest BCUT2D eigenvalue weighted by molar-refractivity contribution is 5.91. The first-order valence-corrected chi connectivity index (χ1v) is 13.8. The number of carbonyl (C=O) groups excluding carboxylic acids is 2. The average molecular weight is 566 g/mol. The van der Waals surface area contributed by atoms with Crippen molar-refractivity contribution in [2.75, 3.05) is 19.7 Å². The Morgan fingerprint density at radius 1 is 0.976 bits per heavy atom. The summed E-state index contributed by atoms with van der Waals surface area (Å²) in [5.74, 6) is -0.129. The normalized spacial score (nSPS) is 12.0. The van der Waals surface area contributed by atoms with Gasteiger partial charge in [-0.2, -0.15) is 0 Å². The largest absolute Gasteiger partial charge is 0.494 e. The van der Waals surface area contributed by atoms with Gasteiger partial charge in [-0.1, -0.05) is 38.3 Å². The smallest absolute Gasteiger partial charge is 0.417 e. The van der Waals surface area contributed by atoms with Crippen LogP contribution in [0.25, 0.3) is 0 Å². The van der Waals surface area contributed by atoms with E-state index >= 15 is 0 Å². The van der Waals surface area contributed by atoms with Gasteiger partial charge in [0.25, 0.3) is 0 Å². The van der Waals surface area contributed by atoms with E-state index in [2.05, 4.69) is 17.2 Å². The molecule has 0 aliphatic carbocycles. The van der Waals surface area contributed by atoms with E-state index < -0.39 is 29.6 Å². The molecule has 3 rings (SSSR count). The summed E-state index contributed by atoms with van der Waals surface area (Å²) in [5.41, 5.74) is 0.491. The quantitative estimate of drug-likeness (QED) is 0.145. The van der Waals surface area contributed by atoms with Crippen molar-refractivity contribution in [2.24, 2.45) is 0 Å². The predicted molar refractivity (Wildman–Crippen MR) is 154 cm³/mol. The van der Waals surface area contributed by atoms with Gasteiger partial charge in [-0.25, -0.2) is 19.1 Å². The van der Waals surface area contributed by atoms with Gasteiger partial charge in [-0.05, 0) is 69.2 Å². The van der Waals surface area contributed by atoms with Gasteiger partial charge in [0.2, 0.25) is 0 Å². The van der Waals surface area contributed by atoms with Crippen LogP contribution in [0.3, 0.4) is 0 Å². The standard InChI is InChI=1S/C31H39N3O7/c1-5-6-7-8-19-39-24-13-11-23(12-14-24)29(36)40-25-15-9-22(10-16-25)26(28-33-17-18-34(28)30(37)38)20-32-21-27(35)41-31(2,3)4/h9-18,26,32H,5-8,19-21H2,1-4H3,(H,37,38). The van der Waals surface area contributed by atoms with Crippen molar-refractivity contribution in [3.8, 4) is 11.5 Å². The molecule has 1 heterocycles. The molecular formula is C31H39N3O7. The minimum atomic E-state index is -1.17. The van der Waals surface area contributed by atoms with Crippen molar-refractivity contribution in [2.45, 2.75) is 64.9 Å². The number of ether oxygens (including phenoxy) is 3. The van der Waals surface area contributed by atoms with Crippen molar-refractivity contribution < 1.29 is 33.7 Å². The molecule has 0 aliphatic rings. The highest BCUT2D eigenvalue weighted by atomic mass is 16.6. The summed E-state index contributed by atoms with van der Waals surface area (Å²) in [4.78, 5) is 40.8. The summed E-state index contributed by atoms with van der Waals surface area (Å²) in [6, 6.07) is 13.6. The number of carboxylic acid groups (broad SMARTS) is 1. The minimum Gasteiger partial charge on any atom is -0.494 e. The van der Waals surface area contributed by atoms with E-state index in [0.717, 1.165) is 23.0 Å². The van der Waals surface area contributed by atoms with E-state index in [9.17, 15) is 19.5 Å². The van der Waals surface area contributed by atoms with Crippen LogP contribution in [-0.2, 0) is 9.53 Å². The fraction of sp³-hybridized carbons (Fsp3) is 0.419. The third-order valence-electron chi connectivity index (χ3n) is 6.07. The van der Waals surface area contributed by atoms with Gasteiger partial charge >= 0.3 is 18.0 Å². The molecule has 0 saturated carbocycles. The Labute approximate surface area is 240 Å². The zero-order valence-electron chi connectivity index (χ0n) is 24.1. The SMILES string of the molecule is CCCCCCOc1ccc(C(=O)Oc2ccc(C(CNCC(=O)OC(C)(C)C)c3nccn3C(=O)O)cc2)cc1. The molecule has 0 saturated heterocycles. The van der Waals surface area contributed by atoms with E-state index in [-0.39, 0.29) is 18.9 Å². The van der Waals surface area contributed by atoms with Crippen molar-refractivity contribution in [3.63, 3.8) is 0 Å². The Kier molecular flexibility index (Phi) is 11.5. The molecule has 0 bridgehead atoms. The molecule has 0 amide bonds. The van der Waals surface area contributed by atoms with Gasteiger partial charge < -0.3 is 24.6 Å². The second kappa shape index (κ2) is 15.0. The molecule has 0 radical (unpaired) electrons. The Bertz CT molecular complexity index is 1280. The van der Waals surface area contributed by atoms with Crippen molar-refractivity contribution in [3.05, 3.63) is 77.9 Å². The second-order valence-electron chi connectivity index (χ2n) is 10.6. The number of rotatable bonds is 14. The lowest BCUT2D eigenvalue weighted by Gasteiger charge is -2.21. The molecule has 1 unspecified atom stereocenters. The topological polar surface area (TPSA) is 129 Å². The molecule has 220 valence electrons. The number of hydrogen-bond acceptors (Lipinski definition) is 8. The number of aromatic nitrogens is 2. The molecule has 0 spiro atoms. The van der Waals surface area contributed by atoms with E-state index in [1.54, 1.807) is 69.3 Å². The lowest BCUT2D eigenvalue weighted by atomic mass is 9.98. The summed E-state index contributed by atoms with van der Waals surface area (Å²) in [7, 11) is 0. The fourth-order valence-electron chi connectivity index (χ4n) is 4.13. The van der Waals surface area contributed by atoms with Gasteiger partial charge in [0, 0.05) is 18.9 Å². The van der Waals surface area contributed by atoms with Crippen LogP contribution in [0.1, 0.15) is 81.0 Å². The minimum absolute atomic E-state index is 0.0556. The third kappa shape index (κ3) is 10.1. The van der Waals surface area contributed by atoms with E-state index in [4.69, 9.17) is 14.2 Å². The Balaban J connectivity index is 1.65. The Morgan fingerprint density at radius 3 is 2.29 bits per heavy atom. The van der Waals surface area contributed by atoms with Gasteiger partial charge in [-0.15, -0.1) is 0 Å². The maximum atomic E-state index is 12.7. The number of hydrogen-bond donors (Lipinski definition) is 2. The number of imidazole rings is 1. The van der Waals surface area contributed by atoms with Crippen LogP contribution in [-0.4, -0.2) is 58.0 Å². The molecule has 41 heavy (non-hydrogen) atoms. The summed E-state index contributed by atoms with van der Waals surface area (Å²) >= 11 is 0. The van der Waals surface area contributed by atoms with Gasteiger partial charge in [0.05, 0.1) is 24.6 Å². The predicted octanol–water partition coefficient (Wildman–Crippen LogP) is 5.65. The number of nitrogens with zero attached hydrogens (tertiary/aromatic N) is 2. The molecule has 2 N–H and O–H groups in total. The van der Waals surface area contributed by atoms with Crippen LogP contribution in [0.15, 0.2) is 60.9 Å². The van der Waals surface area contributed by atoms with Crippen LogP contribution in [0.5, 0.6) is 11.5 Å². The van der Waals surface area contributed by atoms with E-state index in [0.29, 0.717) is 23.7 Å². The maximum absolute atomic E-state index is 12.7. The molecule has 1 atom stereocenters. The van der Waals surface area contributed by atoms with Crippen molar-refractivity contribution in [1.29, 1.82) is 0 Å².